The first-order valence-corrected chi connectivity index (χ1v) is 13.3. The van der Waals surface area contributed by atoms with E-state index in [9.17, 15) is 9.59 Å². The third-order valence-corrected chi connectivity index (χ3v) is 9.23. The van der Waals surface area contributed by atoms with Crippen LogP contribution in [-0.2, 0) is 16.0 Å². The number of likely N-dealkylation sites (tertiary alicyclic amines) is 1. The predicted octanol–water partition coefficient (Wildman–Crippen LogP) is 5.69. The normalized spacial score (nSPS) is 25.2. The van der Waals surface area contributed by atoms with Gasteiger partial charge in [0.15, 0.2) is 0 Å². The smallest absolute Gasteiger partial charge is 0.410 e. The summed E-state index contributed by atoms with van der Waals surface area (Å²) in [5, 5.41) is 0.725. The molecule has 0 aromatic heterocycles. The molecule has 2 amide bonds. The van der Waals surface area contributed by atoms with Crippen LogP contribution >= 0.6 is 11.6 Å². The van der Waals surface area contributed by atoms with Crippen molar-refractivity contribution in [3.8, 4) is 0 Å². The number of hydrogen-bond acceptors (Lipinski definition) is 3. The van der Waals surface area contributed by atoms with Crippen LogP contribution in [-0.4, -0.2) is 53.6 Å². The van der Waals surface area contributed by atoms with Crippen LogP contribution in [0.1, 0.15) is 70.3 Å². The minimum atomic E-state index is -0.113. The average molecular weight is 473 g/mol. The van der Waals surface area contributed by atoms with Crippen molar-refractivity contribution in [3.05, 3.63) is 34.9 Å². The molecule has 33 heavy (non-hydrogen) atoms. The molecule has 5 rings (SSSR count). The van der Waals surface area contributed by atoms with Crippen molar-refractivity contribution in [2.75, 3.05) is 26.2 Å². The summed E-state index contributed by atoms with van der Waals surface area (Å²) >= 11 is 6.01. The molecule has 4 aliphatic rings. The van der Waals surface area contributed by atoms with E-state index in [2.05, 4.69) is 9.80 Å². The van der Waals surface area contributed by atoms with Crippen molar-refractivity contribution in [3.63, 3.8) is 0 Å². The zero-order valence-corrected chi connectivity index (χ0v) is 20.6. The maximum Gasteiger partial charge on any atom is 0.410 e. The summed E-state index contributed by atoms with van der Waals surface area (Å²) in [6, 6.07) is 7.81. The molecule has 1 atom stereocenters. The molecule has 0 unspecified atom stereocenters. The zero-order chi connectivity index (χ0) is 23.1. The van der Waals surface area contributed by atoms with E-state index in [1.54, 1.807) is 0 Å². The molecular formula is C27H37ClN2O3. The van der Waals surface area contributed by atoms with E-state index in [1.165, 1.54) is 32.1 Å². The van der Waals surface area contributed by atoms with Gasteiger partial charge in [0.05, 0.1) is 5.54 Å². The second-order valence-corrected chi connectivity index (χ2v) is 11.6. The zero-order valence-electron chi connectivity index (χ0n) is 19.9. The Bertz CT molecular complexity index is 868. The summed E-state index contributed by atoms with van der Waals surface area (Å²) in [4.78, 5) is 30.1. The number of cyclic esters (lactones) is 1. The molecule has 5 nitrogen and oxygen atoms in total. The molecular weight excluding hydrogens is 436 g/mol. The van der Waals surface area contributed by atoms with E-state index in [0.717, 1.165) is 62.3 Å². The topological polar surface area (TPSA) is 49.9 Å². The number of halogens is 1. The predicted molar refractivity (Wildman–Crippen MR) is 129 cm³/mol. The number of piperidine rings is 1. The largest absolute Gasteiger partial charge is 0.447 e. The number of hydrogen-bond donors (Lipinski definition) is 0. The summed E-state index contributed by atoms with van der Waals surface area (Å²) in [7, 11) is 0. The fourth-order valence-corrected chi connectivity index (χ4v) is 6.73. The lowest BCUT2D eigenvalue weighted by molar-refractivity contribution is -0.138. The molecule has 2 saturated heterocycles. The fraction of sp³-hybridized carbons (Fsp3) is 0.704. The lowest BCUT2D eigenvalue weighted by atomic mass is 9.63. The van der Waals surface area contributed by atoms with Crippen molar-refractivity contribution in [1.29, 1.82) is 0 Å². The van der Waals surface area contributed by atoms with Crippen LogP contribution in [0.4, 0.5) is 4.79 Å². The van der Waals surface area contributed by atoms with E-state index >= 15 is 0 Å². The summed E-state index contributed by atoms with van der Waals surface area (Å²) in [6.07, 6.45) is 11.2. The van der Waals surface area contributed by atoms with Crippen molar-refractivity contribution in [1.82, 2.24) is 9.80 Å². The minimum Gasteiger partial charge on any atom is -0.447 e. The van der Waals surface area contributed by atoms with Gasteiger partial charge in [-0.15, -0.1) is 0 Å². The highest BCUT2D eigenvalue weighted by Crippen LogP contribution is 2.52. The van der Waals surface area contributed by atoms with Crippen LogP contribution in [0.2, 0.25) is 5.02 Å². The number of benzene rings is 1. The number of carbonyl (C=O) groups is 2. The first-order chi connectivity index (χ1) is 15.9. The van der Waals surface area contributed by atoms with E-state index in [4.69, 9.17) is 16.3 Å². The Kier molecular flexibility index (Phi) is 6.37. The van der Waals surface area contributed by atoms with E-state index in [0.29, 0.717) is 12.5 Å². The second-order valence-electron chi connectivity index (χ2n) is 11.1. The fourth-order valence-electron chi connectivity index (χ4n) is 6.61. The highest BCUT2D eigenvalue weighted by Gasteiger charge is 2.59. The Morgan fingerprint density at radius 2 is 1.76 bits per heavy atom. The molecule has 1 spiro atoms. The third-order valence-electron chi connectivity index (χ3n) is 8.98. The molecule has 2 saturated carbocycles. The van der Waals surface area contributed by atoms with Gasteiger partial charge < -0.3 is 9.64 Å². The van der Waals surface area contributed by atoms with Gasteiger partial charge in [-0.2, -0.15) is 0 Å². The standard InChI is InChI=1S/C27H37ClN2O3/c1-20(17-21-7-9-23(28)10-8-21)24(31)29-15-13-26(14-16-29,22-5-3-2-4-6-22)18-30-25(32)33-19-27(30)11-12-27/h7-10,20,22H,2-6,11-19H2,1H3/t20-/m1/s1. The minimum absolute atomic E-state index is 0.0151. The molecule has 2 heterocycles. The summed E-state index contributed by atoms with van der Waals surface area (Å²) in [6.45, 7) is 5.03. The molecule has 2 aliphatic carbocycles. The Labute approximate surface area is 202 Å². The molecule has 1 aromatic carbocycles. The second kappa shape index (κ2) is 9.13. The van der Waals surface area contributed by atoms with Gasteiger partial charge >= 0.3 is 6.09 Å². The van der Waals surface area contributed by atoms with Gasteiger partial charge in [-0.1, -0.05) is 49.9 Å². The average Bonchev–Trinajstić information content (AvgIpc) is 3.57. The maximum absolute atomic E-state index is 13.3. The van der Waals surface area contributed by atoms with E-state index in [-0.39, 0.29) is 28.9 Å². The van der Waals surface area contributed by atoms with Gasteiger partial charge in [-0.25, -0.2) is 4.79 Å². The highest BCUT2D eigenvalue weighted by atomic mass is 35.5. The van der Waals surface area contributed by atoms with Gasteiger partial charge in [-0.3, -0.25) is 9.69 Å². The van der Waals surface area contributed by atoms with Crippen LogP contribution < -0.4 is 0 Å². The van der Waals surface area contributed by atoms with Gasteiger partial charge in [0.25, 0.3) is 0 Å². The Morgan fingerprint density at radius 1 is 1.09 bits per heavy atom. The van der Waals surface area contributed by atoms with Gasteiger partial charge in [0.2, 0.25) is 5.91 Å². The Balaban J connectivity index is 1.26. The molecule has 1 aromatic rings. The number of rotatable bonds is 6. The van der Waals surface area contributed by atoms with Crippen molar-refractivity contribution < 1.29 is 14.3 Å². The summed E-state index contributed by atoms with van der Waals surface area (Å²) in [5.74, 6) is 0.859. The van der Waals surface area contributed by atoms with Crippen molar-refractivity contribution in [2.24, 2.45) is 17.3 Å². The lowest BCUT2D eigenvalue weighted by Crippen LogP contribution is -2.54. The monoisotopic (exact) mass is 472 g/mol. The molecule has 0 radical (unpaired) electrons. The quantitative estimate of drug-likeness (QED) is 0.534. The SMILES string of the molecule is C[C@H](Cc1ccc(Cl)cc1)C(=O)N1CCC(CN2C(=O)OCC23CC3)(C2CCCCC2)CC1. The number of nitrogens with zero attached hydrogens (tertiary/aromatic N) is 2. The Hall–Kier alpha value is -1.75. The van der Waals surface area contributed by atoms with Crippen LogP contribution in [0.5, 0.6) is 0 Å². The van der Waals surface area contributed by atoms with Crippen molar-refractivity contribution >= 4 is 23.6 Å². The van der Waals surface area contributed by atoms with Crippen LogP contribution in [0.3, 0.4) is 0 Å². The van der Waals surface area contributed by atoms with Crippen LogP contribution in [0, 0.1) is 17.3 Å². The van der Waals surface area contributed by atoms with Crippen LogP contribution in [0.15, 0.2) is 24.3 Å². The van der Waals surface area contributed by atoms with Gasteiger partial charge in [-0.05, 0) is 74.0 Å². The van der Waals surface area contributed by atoms with Gasteiger partial charge in [0.1, 0.15) is 6.61 Å². The number of ether oxygens (including phenoxy) is 1. The molecule has 6 heteroatoms. The molecule has 0 N–H and O–H groups in total. The van der Waals surface area contributed by atoms with Gasteiger partial charge in [0, 0.05) is 30.6 Å². The highest BCUT2D eigenvalue weighted by molar-refractivity contribution is 6.30. The molecule has 2 aliphatic heterocycles. The number of carbonyl (C=O) groups excluding carboxylic acids is 2. The van der Waals surface area contributed by atoms with E-state index < -0.39 is 0 Å². The van der Waals surface area contributed by atoms with Crippen LogP contribution in [0.25, 0.3) is 0 Å². The first kappa shape index (κ1) is 23.0. The van der Waals surface area contributed by atoms with Crippen molar-refractivity contribution in [2.45, 2.75) is 76.7 Å². The Morgan fingerprint density at radius 3 is 2.39 bits per heavy atom. The molecule has 4 fully saturated rings. The number of amides is 2. The van der Waals surface area contributed by atoms with E-state index in [1.807, 2.05) is 31.2 Å². The molecule has 180 valence electrons. The first-order valence-electron chi connectivity index (χ1n) is 12.9. The molecule has 0 bridgehead atoms. The summed E-state index contributed by atoms with van der Waals surface area (Å²) in [5.41, 5.74) is 1.25. The third kappa shape index (κ3) is 4.62. The lowest BCUT2D eigenvalue weighted by Gasteiger charge is -2.50. The summed E-state index contributed by atoms with van der Waals surface area (Å²) < 4.78 is 5.49. The maximum atomic E-state index is 13.3.